The number of rotatable bonds is 4. The Balaban J connectivity index is 2.05. The van der Waals surface area contributed by atoms with Gasteiger partial charge in [-0.15, -0.1) is 0 Å². The Labute approximate surface area is 147 Å². The Kier molecular flexibility index (Phi) is 5.91. The SMILES string of the molecule is O=C(Nc1ccccc1Cl)C(Cl)=NNc1ccc(Cl)cc1Cl. The lowest BCUT2D eigenvalue weighted by molar-refractivity contribution is -0.110. The summed E-state index contributed by atoms with van der Waals surface area (Å²) in [4.78, 5) is 11.9. The Morgan fingerprint density at radius 3 is 2.36 bits per heavy atom. The first kappa shape index (κ1) is 16.9. The molecule has 0 aliphatic heterocycles. The number of hydrazone groups is 1. The highest BCUT2D eigenvalue weighted by Gasteiger charge is 2.11. The second kappa shape index (κ2) is 7.70. The summed E-state index contributed by atoms with van der Waals surface area (Å²) in [7, 11) is 0. The molecule has 8 heteroatoms. The van der Waals surface area contributed by atoms with E-state index in [1.165, 1.54) is 0 Å². The van der Waals surface area contributed by atoms with E-state index in [-0.39, 0.29) is 5.17 Å². The smallest absolute Gasteiger partial charge is 0.287 e. The Morgan fingerprint density at radius 1 is 0.955 bits per heavy atom. The fourth-order valence-electron chi connectivity index (χ4n) is 1.48. The van der Waals surface area contributed by atoms with Crippen molar-refractivity contribution in [1.29, 1.82) is 0 Å². The van der Waals surface area contributed by atoms with E-state index in [4.69, 9.17) is 46.4 Å². The Bertz CT molecular complexity index is 734. The van der Waals surface area contributed by atoms with Crippen LogP contribution < -0.4 is 10.7 Å². The number of hydrogen-bond donors (Lipinski definition) is 2. The molecule has 0 aliphatic rings. The van der Waals surface area contributed by atoms with Crippen LogP contribution in [-0.4, -0.2) is 11.1 Å². The monoisotopic (exact) mass is 375 g/mol. The van der Waals surface area contributed by atoms with Gasteiger partial charge in [0.1, 0.15) is 0 Å². The van der Waals surface area contributed by atoms with Crippen LogP contribution in [0.2, 0.25) is 15.1 Å². The van der Waals surface area contributed by atoms with Crippen molar-refractivity contribution in [3.8, 4) is 0 Å². The average molecular weight is 377 g/mol. The number of nitrogens with zero attached hydrogens (tertiary/aromatic N) is 1. The number of amides is 1. The van der Waals surface area contributed by atoms with Gasteiger partial charge in [-0.3, -0.25) is 10.2 Å². The standard InChI is InChI=1S/C14H9Cl4N3O/c15-8-5-6-12(10(17)7-8)20-21-13(18)14(22)19-11-4-2-1-3-9(11)16/h1-7,20H,(H,19,22). The molecule has 0 saturated heterocycles. The molecule has 0 radical (unpaired) electrons. The highest BCUT2D eigenvalue weighted by molar-refractivity contribution is 6.84. The van der Waals surface area contributed by atoms with E-state index in [0.29, 0.717) is 26.4 Å². The van der Waals surface area contributed by atoms with Crippen molar-refractivity contribution < 1.29 is 4.79 Å². The van der Waals surface area contributed by atoms with Crippen LogP contribution in [0.5, 0.6) is 0 Å². The molecule has 0 saturated carbocycles. The van der Waals surface area contributed by atoms with E-state index in [1.54, 1.807) is 42.5 Å². The number of para-hydroxylation sites is 1. The first-order valence-corrected chi connectivity index (χ1v) is 7.48. The van der Waals surface area contributed by atoms with Crippen molar-refractivity contribution in [3.63, 3.8) is 0 Å². The summed E-state index contributed by atoms with van der Waals surface area (Å²) >= 11 is 23.5. The number of carbonyl (C=O) groups is 1. The number of hydrogen-bond acceptors (Lipinski definition) is 3. The molecule has 114 valence electrons. The zero-order valence-corrected chi connectivity index (χ0v) is 13.9. The number of benzene rings is 2. The molecule has 2 aromatic carbocycles. The van der Waals surface area contributed by atoms with Crippen LogP contribution in [0.1, 0.15) is 0 Å². The fourth-order valence-corrected chi connectivity index (χ4v) is 2.20. The summed E-state index contributed by atoms with van der Waals surface area (Å²) < 4.78 is 0. The number of anilines is 2. The maximum Gasteiger partial charge on any atom is 0.287 e. The molecule has 1 amide bonds. The number of carbonyl (C=O) groups excluding carboxylic acids is 1. The molecular formula is C14H9Cl4N3O. The minimum absolute atomic E-state index is 0.300. The van der Waals surface area contributed by atoms with Gasteiger partial charge in [0.15, 0.2) is 0 Å². The topological polar surface area (TPSA) is 53.5 Å². The normalized spacial score (nSPS) is 11.2. The van der Waals surface area contributed by atoms with Gasteiger partial charge >= 0.3 is 0 Å². The molecule has 2 N–H and O–H groups in total. The van der Waals surface area contributed by atoms with Gasteiger partial charge in [-0.2, -0.15) is 5.10 Å². The summed E-state index contributed by atoms with van der Waals surface area (Å²) in [6, 6.07) is 11.6. The second-order valence-electron chi connectivity index (χ2n) is 4.07. The van der Waals surface area contributed by atoms with Crippen molar-refractivity contribution in [1.82, 2.24) is 0 Å². The third-order valence-corrected chi connectivity index (χ3v) is 3.65. The lowest BCUT2D eigenvalue weighted by Crippen LogP contribution is -2.19. The van der Waals surface area contributed by atoms with Crippen molar-refractivity contribution in [2.24, 2.45) is 5.10 Å². The molecule has 0 aliphatic carbocycles. The summed E-state index contributed by atoms with van der Waals surface area (Å²) in [5.74, 6) is -0.604. The van der Waals surface area contributed by atoms with Crippen molar-refractivity contribution in [2.75, 3.05) is 10.7 Å². The fraction of sp³-hybridized carbons (Fsp3) is 0. The highest BCUT2D eigenvalue weighted by atomic mass is 35.5. The van der Waals surface area contributed by atoms with E-state index < -0.39 is 5.91 Å². The molecule has 0 atom stereocenters. The van der Waals surface area contributed by atoms with Crippen LogP contribution in [-0.2, 0) is 4.79 Å². The summed E-state index contributed by atoms with van der Waals surface area (Å²) in [6.45, 7) is 0. The van der Waals surface area contributed by atoms with Crippen LogP contribution in [0.3, 0.4) is 0 Å². The van der Waals surface area contributed by atoms with E-state index in [9.17, 15) is 4.79 Å². The zero-order valence-electron chi connectivity index (χ0n) is 10.9. The molecule has 0 bridgehead atoms. The first-order valence-electron chi connectivity index (χ1n) is 5.97. The van der Waals surface area contributed by atoms with Gasteiger partial charge in [0.05, 0.1) is 21.4 Å². The number of nitrogens with one attached hydrogen (secondary N) is 2. The van der Waals surface area contributed by atoms with Crippen LogP contribution in [0.4, 0.5) is 11.4 Å². The molecule has 4 nitrogen and oxygen atoms in total. The van der Waals surface area contributed by atoms with Gasteiger partial charge in [-0.25, -0.2) is 0 Å². The molecule has 0 aromatic heterocycles. The molecule has 0 fully saturated rings. The number of halogens is 4. The van der Waals surface area contributed by atoms with Gasteiger partial charge in [0.2, 0.25) is 5.17 Å². The van der Waals surface area contributed by atoms with Crippen LogP contribution >= 0.6 is 46.4 Å². The van der Waals surface area contributed by atoms with Gasteiger partial charge in [-0.05, 0) is 30.3 Å². The van der Waals surface area contributed by atoms with Crippen molar-refractivity contribution in [3.05, 3.63) is 57.5 Å². The van der Waals surface area contributed by atoms with Gasteiger partial charge in [0.25, 0.3) is 5.91 Å². The first-order chi connectivity index (χ1) is 10.5. The maximum absolute atomic E-state index is 11.9. The van der Waals surface area contributed by atoms with E-state index in [0.717, 1.165) is 0 Å². The molecule has 22 heavy (non-hydrogen) atoms. The lowest BCUT2D eigenvalue weighted by Gasteiger charge is -2.07. The Hall–Kier alpha value is -1.46. The predicted octanol–water partition coefficient (Wildman–Crippen LogP) is 5.25. The van der Waals surface area contributed by atoms with Crippen LogP contribution in [0.15, 0.2) is 47.6 Å². The maximum atomic E-state index is 11.9. The van der Waals surface area contributed by atoms with E-state index in [1.807, 2.05) is 0 Å². The highest BCUT2D eigenvalue weighted by Crippen LogP contribution is 2.25. The van der Waals surface area contributed by atoms with Crippen LogP contribution in [0.25, 0.3) is 0 Å². The summed E-state index contributed by atoms with van der Waals surface area (Å²) in [5.41, 5.74) is 3.50. The van der Waals surface area contributed by atoms with Gasteiger partial charge < -0.3 is 5.32 Å². The van der Waals surface area contributed by atoms with E-state index in [2.05, 4.69) is 15.8 Å². The minimum atomic E-state index is -0.604. The average Bonchev–Trinajstić information content (AvgIpc) is 2.48. The molecule has 2 rings (SSSR count). The lowest BCUT2D eigenvalue weighted by atomic mass is 10.3. The van der Waals surface area contributed by atoms with Crippen LogP contribution in [0, 0.1) is 0 Å². The van der Waals surface area contributed by atoms with Gasteiger partial charge in [0, 0.05) is 5.02 Å². The molecule has 0 unspecified atom stereocenters. The quantitative estimate of drug-likeness (QED) is 0.565. The predicted molar refractivity (Wildman–Crippen MR) is 93.5 cm³/mol. The minimum Gasteiger partial charge on any atom is -0.318 e. The van der Waals surface area contributed by atoms with Crippen molar-refractivity contribution in [2.45, 2.75) is 0 Å². The largest absolute Gasteiger partial charge is 0.318 e. The summed E-state index contributed by atoms with van der Waals surface area (Å²) in [6.07, 6.45) is 0. The summed E-state index contributed by atoms with van der Waals surface area (Å²) in [5, 5.41) is 7.24. The third kappa shape index (κ3) is 4.52. The van der Waals surface area contributed by atoms with Gasteiger partial charge in [-0.1, -0.05) is 58.5 Å². The second-order valence-corrected chi connectivity index (χ2v) is 5.68. The third-order valence-electron chi connectivity index (χ3n) is 2.52. The molecule has 2 aromatic rings. The molecule has 0 spiro atoms. The Morgan fingerprint density at radius 2 is 1.68 bits per heavy atom. The molecule has 0 heterocycles. The van der Waals surface area contributed by atoms with E-state index >= 15 is 0 Å². The molecular weight excluding hydrogens is 368 g/mol. The zero-order chi connectivity index (χ0) is 16.1. The van der Waals surface area contributed by atoms with Crippen molar-refractivity contribution >= 4 is 68.9 Å².